The van der Waals surface area contributed by atoms with E-state index in [9.17, 15) is 65.8 Å². The van der Waals surface area contributed by atoms with Crippen molar-refractivity contribution < 1.29 is 141 Å². The summed E-state index contributed by atoms with van der Waals surface area (Å²) in [6, 6.07) is 39.6. The number of anilines is 1. The Kier molecular flexibility index (Phi) is 47.2. The fourth-order valence-corrected chi connectivity index (χ4v) is 15.1. The SMILES string of the molecule is C.C.C.CC(=O)Oc1cc(C(F)(F)F)cc2c1OC(C)(C)C2.CC(=O)Oc1cc(I)cc2c1OC(C)(C)C2.CC(=O)Oc1cc(N)cc2c1OC(C)(C)C2.CC(=O)Oc1cc([N+](=O)[O-])cc2c1OC(C)(C)C2.CC1(C)Cc2cc(C(F)(F)F)cc(O)c2O1.F.F.OCCCCCl.OCCCCOc1c(Cl)cc(OCc2ccccc2)cc1Cl.Oc1c(Cl)cc(OCc2ccccc2)cc1Cl.[2HH].[2HH].[HH]. The molecule has 6 N–H and O–H groups in total. The van der Waals surface area contributed by atoms with Crippen LogP contribution in [0, 0.1) is 13.7 Å². The first-order valence-electron chi connectivity index (χ1n) is 40.4. The molecule has 0 bridgehead atoms. The molecule has 0 saturated heterocycles. The zero-order valence-electron chi connectivity index (χ0n) is 74.5. The summed E-state index contributed by atoms with van der Waals surface area (Å²) in [6.45, 7) is 25.7. The van der Waals surface area contributed by atoms with Gasteiger partial charge in [-0.25, -0.2) is 0 Å². The highest BCUT2D eigenvalue weighted by molar-refractivity contribution is 14.1. The van der Waals surface area contributed by atoms with E-state index >= 15 is 0 Å². The van der Waals surface area contributed by atoms with Crippen molar-refractivity contribution in [2.75, 3.05) is 31.4 Å². The lowest BCUT2D eigenvalue weighted by atomic mass is 10.00. The van der Waals surface area contributed by atoms with Gasteiger partial charge >= 0.3 is 36.2 Å². The minimum atomic E-state index is -4.49. The van der Waals surface area contributed by atoms with Crippen molar-refractivity contribution in [3.63, 3.8) is 0 Å². The van der Waals surface area contributed by atoms with Gasteiger partial charge in [0.05, 0.1) is 48.8 Å². The predicted molar refractivity (Wildman–Crippen MR) is 521 cm³/mol. The normalized spacial score (nSPS) is 13.9. The number of non-ortho nitro benzene ring substituents is 1. The molecule has 5 aliphatic heterocycles. The van der Waals surface area contributed by atoms with Crippen LogP contribution < -0.4 is 62.6 Å². The summed E-state index contributed by atoms with van der Waals surface area (Å²) in [5, 5.41) is 47.8. The number of aromatic hydroxyl groups is 2. The molecule has 0 radical (unpaired) electrons. The number of esters is 4. The zero-order chi connectivity index (χ0) is 96.8. The van der Waals surface area contributed by atoms with Crippen LogP contribution in [0.5, 0.6) is 80.5 Å². The number of fused-ring (bicyclic) bond motifs is 5. The Balaban J connectivity index is 0. The van der Waals surface area contributed by atoms with Gasteiger partial charge in [0, 0.05) is 157 Å². The molecular weight excluding hydrogens is 2000 g/mol. The average Bonchev–Trinajstić information content (AvgIpc) is 1.65. The maximum atomic E-state index is 12.8. The largest absolute Gasteiger partial charge is 0.505 e. The molecular formula is C97H122Cl5F8IN2O22. The van der Waals surface area contributed by atoms with Gasteiger partial charge in [-0.15, -0.1) is 11.6 Å². The Morgan fingerprint density at radius 1 is 0.467 bits per heavy atom. The molecule has 14 rings (SSSR count). The van der Waals surface area contributed by atoms with Crippen molar-refractivity contribution in [1.82, 2.24) is 0 Å². The van der Waals surface area contributed by atoms with E-state index in [0.717, 1.165) is 83.1 Å². The van der Waals surface area contributed by atoms with Crippen molar-refractivity contribution in [3.05, 3.63) is 229 Å². The monoisotopic (exact) mass is 2120 g/mol. The molecule has 135 heavy (non-hydrogen) atoms. The number of unbranched alkanes of at least 4 members (excludes halogenated alkanes) is 2. The Morgan fingerprint density at radius 2 is 0.793 bits per heavy atom. The highest BCUT2D eigenvalue weighted by atomic mass is 127. The van der Waals surface area contributed by atoms with E-state index in [0.29, 0.717) is 136 Å². The summed E-state index contributed by atoms with van der Waals surface area (Å²) in [4.78, 5) is 54.3. The molecule has 24 nitrogen and oxygen atoms in total. The number of ether oxygens (including phenoxy) is 12. The molecule has 38 heteroatoms. The van der Waals surface area contributed by atoms with E-state index in [1.165, 1.54) is 45.0 Å². The van der Waals surface area contributed by atoms with E-state index < -0.39 is 62.9 Å². The van der Waals surface area contributed by atoms with Gasteiger partial charge in [0.1, 0.15) is 52.7 Å². The number of phenolic OH excluding ortho intramolecular Hbond substituents is 2. The summed E-state index contributed by atoms with van der Waals surface area (Å²) in [7, 11) is 0. The molecule has 0 spiro atoms. The standard InChI is InChI=1S/C17H18Cl2O3.C13H10Cl2O2.C13H13F3O3.C12H13IO3.C12H13NO5.C12H15NO3.C11H11F3O2.C4H9ClO.3CH4.2FH.3H2/c18-15-10-14(22-12-13-6-2-1-3-7-13)11-16(19)17(15)21-9-5-4-8-20;14-11-6-10(7-12(15)13(11)16)17-8-9-4-2-1-3-5-9;1-7(17)18-10-5-9(13(14,15)16)4-8-6-12(2,3)19-11(8)10;1-7(14)15-10-5-9(13)4-8-6-12(2,3)16-11(8)10;1-7(14)17-10-5-9(13(15)16)4-8-6-12(2,3)18-11(8)10;1-7(14)15-10-5-9(13)4-8-6-12(2,3)16-11(8)10;1-10(2)5-6-3-7(11(12,13)14)4-8(15)9(6)16-10;5-3-1-2-4-6;;;;;;;;/h1-3,6-7,10-11,20H,4-5,8-9,12H2;1-7,16H,8H2;4-5H,6H2,1-3H3;4-5H,6H2,1-3H3;4-5H,6H2,1-3H3;4-5H,6,13H2,1-3H3;3-4,15H,5H2,1-2H3;6H,1-4H2;3*1H4;5*1H/i;;;;;;;;;;;;;2*1+1;. The van der Waals surface area contributed by atoms with E-state index in [2.05, 4.69) is 28.7 Å². The van der Waals surface area contributed by atoms with E-state index in [1.54, 1.807) is 45.9 Å². The van der Waals surface area contributed by atoms with Crippen molar-refractivity contribution >= 4 is 116 Å². The van der Waals surface area contributed by atoms with Gasteiger partial charge in [0.2, 0.25) is 0 Å². The maximum absolute atomic E-state index is 12.8. The molecule has 0 unspecified atom stereocenters. The Hall–Kier alpha value is -10.4. The molecule has 5 heterocycles. The first-order chi connectivity index (χ1) is 60.6. The fraction of sp³-hybridized carbons (Fsp3) is 0.402. The van der Waals surface area contributed by atoms with Crippen LogP contribution in [0.25, 0.3) is 0 Å². The molecule has 0 aliphatic carbocycles. The number of benzene rings is 9. The summed E-state index contributed by atoms with van der Waals surface area (Å²) in [5.74, 6) is 2.77. The number of hydrogen-bond acceptors (Lipinski definition) is 23. The number of aliphatic hydroxyl groups excluding tert-OH is 2. The minimum Gasteiger partial charge on any atom is -0.505 e. The summed E-state index contributed by atoms with van der Waals surface area (Å²) in [6.07, 6.45) is -2.89. The van der Waals surface area contributed by atoms with Gasteiger partial charge in [-0.05, 0) is 171 Å². The molecule has 0 fully saturated rings. The first-order valence-corrected chi connectivity index (χ1v) is 43.5. The van der Waals surface area contributed by atoms with Crippen molar-refractivity contribution in [1.29, 1.82) is 0 Å². The van der Waals surface area contributed by atoms with Crippen LogP contribution in [0.1, 0.15) is 199 Å². The smallest absolute Gasteiger partial charge is 0.416 e. The topological polar surface area (TPSA) is 329 Å². The third kappa shape index (κ3) is 38.2. The number of alkyl halides is 7. The van der Waals surface area contributed by atoms with Gasteiger partial charge in [0.25, 0.3) is 5.69 Å². The summed E-state index contributed by atoms with van der Waals surface area (Å²) >= 11 is 31.4. The molecule has 9 aromatic carbocycles. The number of carbonyl (C=O) groups is 4. The minimum absolute atomic E-state index is 0. The Labute approximate surface area is 823 Å². The number of carbonyl (C=O) groups excluding carboxylic acids is 4. The van der Waals surface area contributed by atoms with Crippen LogP contribution in [0.2, 0.25) is 20.1 Å². The lowest BCUT2D eigenvalue weighted by Crippen LogP contribution is -2.24. The second-order valence-corrected chi connectivity index (χ2v) is 36.2. The van der Waals surface area contributed by atoms with Gasteiger partial charge in [-0.1, -0.05) is 129 Å². The Bertz CT molecular complexity index is 5350. The highest BCUT2D eigenvalue weighted by Gasteiger charge is 2.42. The number of nitrogens with two attached hydrogens (primary N) is 1. The quantitative estimate of drug-likeness (QED) is 0.00578. The van der Waals surface area contributed by atoms with Crippen LogP contribution in [0.4, 0.5) is 47.1 Å². The molecule has 9 aromatic rings. The third-order valence-corrected chi connectivity index (χ3v) is 20.3. The molecule has 0 atom stereocenters. The van der Waals surface area contributed by atoms with Crippen LogP contribution in [0.15, 0.2) is 146 Å². The lowest BCUT2D eigenvalue weighted by molar-refractivity contribution is -0.385. The number of halogens is 14. The number of nitro groups is 1. The highest BCUT2D eigenvalue weighted by Crippen LogP contribution is 2.51. The van der Waals surface area contributed by atoms with Crippen molar-refractivity contribution in [2.45, 2.75) is 231 Å². The molecule has 0 aromatic heterocycles. The van der Waals surface area contributed by atoms with Crippen LogP contribution in [0.3, 0.4) is 0 Å². The van der Waals surface area contributed by atoms with Gasteiger partial charge in [-0.3, -0.25) is 38.7 Å². The van der Waals surface area contributed by atoms with E-state index in [1.807, 2.05) is 114 Å². The number of nitro benzene ring substituents is 1. The lowest BCUT2D eigenvalue weighted by Gasteiger charge is -2.18. The second kappa shape index (κ2) is 52.8. The number of nitrogen functional groups attached to an aromatic ring is 1. The van der Waals surface area contributed by atoms with Gasteiger partial charge in [0.15, 0.2) is 69.0 Å². The fourth-order valence-electron chi connectivity index (χ4n) is 13.2. The number of nitrogens with zero attached hydrogens (tertiary/aromatic N) is 1. The van der Waals surface area contributed by atoms with Gasteiger partial charge in [-0.2, -0.15) is 26.3 Å². The second-order valence-electron chi connectivity index (χ2n) is 33.0. The number of phenols is 2. The zero-order valence-corrected chi connectivity index (χ0v) is 80.4. The maximum Gasteiger partial charge on any atom is 0.416 e. The van der Waals surface area contributed by atoms with Crippen LogP contribution in [-0.4, -0.2) is 103 Å². The molecule has 0 amide bonds. The van der Waals surface area contributed by atoms with Gasteiger partial charge < -0.3 is 83.0 Å². The Morgan fingerprint density at radius 3 is 1.16 bits per heavy atom. The third-order valence-electron chi connectivity index (χ3n) is 18.3. The van der Waals surface area contributed by atoms with E-state index in [-0.39, 0.29) is 117 Å². The van der Waals surface area contributed by atoms with Crippen LogP contribution in [-0.2, 0) is 76.8 Å². The summed E-state index contributed by atoms with van der Waals surface area (Å²) in [5.41, 5.74) is 8.11. The van der Waals surface area contributed by atoms with Crippen molar-refractivity contribution in [2.24, 2.45) is 0 Å². The molecule has 0 saturated carbocycles. The summed E-state index contributed by atoms with van der Waals surface area (Å²) < 4.78 is 142. The number of hydrogen-bond donors (Lipinski definition) is 5. The average molecular weight is 2130 g/mol. The van der Waals surface area contributed by atoms with Crippen LogP contribution >= 0.6 is 80.6 Å². The number of aliphatic hydroxyl groups is 2. The van der Waals surface area contributed by atoms with E-state index in [4.69, 9.17) is 131 Å². The molecule has 5 aliphatic rings. The predicted octanol–water partition coefficient (Wildman–Crippen LogP) is 26.5. The van der Waals surface area contributed by atoms with Crippen molar-refractivity contribution in [3.8, 4) is 80.5 Å². The first kappa shape index (κ1) is 121. The number of rotatable bonds is 19. The molecule has 750 valence electrons.